The second-order valence-corrected chi connectivity index (χ2v) is 7.59. The molecule has 0 radical (unpaired) electrons. The number of hydrogen-bond donors (Lipinski definition) is 2. The third-order valence-electron chi connectivity index (χ3n) is 5.19. The number of nitrogens with two attached hydrogens (primary N) is 1. The fourth-order valence-electron chi connectivity index (χ4n) is 4.08. The van der Waals surface area contributed by atoms with Gasteiger partial charge in [-0.3, -0.25) is 4.90 Å². The molecule has 4 atom stereocenters. The molecule has 3 nitrogen and oxygen atoms in total. The van der Waals surface area contributed by atoms with Crippen molar-refractivity contribution in [3.63, 3.8) is 0 Å². The molecule has 2 aliphatic rings. The maximum Gasteiger partial charge on any atom is 0.0700 e. The van der Waals surface area contributed by atoms with Gasteiger partial charge >= 0.3 is 0 Å². The molecule has 0 amide bonds. The van der Waals surface area contributed by atoms with Crippen LogP contribution in [0.2, 0.25) is 0 Å². The summed E-state index contributed by atoms with van der Waals surface area (Å²) in [6.07, 6.45) is 5.53. The minimum Gasteiger partial charge on any atom is -0.390 e. The Bertz CT molecular complexity index is 434. The predicted octanol–water partition coefficient (Wildman–Crippen LogP) is 2.76. The Labute approximate surface area is 125 Å². The molecule has 3 rings (SSSR count). The van der Waals surface area contributed by atoms with E-state index in [1.807, 2.05) is 0 Å². The molecule has 0 spiro atoms. The van der Waals surface area contributed by atoms with Gasteiger partial charge in [0.15, 0.2) is 0 Å². The summed E-state index contributed by atoms with van der Waals surface area (Å²) in [5.74, 6) is 0.436. The van der Waals surface area contributed by atoms with Crippen LogP contribution in [0.5, 0.6) is 0 Å². The van der Waals surface area contributed by atoms with Crippen LogP contribution in [0.1, 0.15) is 49.9 Å². The zero-order chi connectivity index (χ0) is 14.2. The number of nitrogens with zero attached hydrogens (tertiary/aromatic N) is 1. The van der Waals surface area contributed by atoms with Crippen LogP contribution in [-0.4, -0.2) is 34.7 Å². The maximum atomic E-state index is 10.8. The zero-order valence-electron chi connectivity index (χ0n) is 12.3. The van der Waals surface area contributed by atoms with Crippen molar-refractivity contribution in [3.8, 4) is 0 Å². The molecule has 2 heterocycles. The molecular weight excluding hydrogens is 268 g/mol. The van der Waals surface area contributed by atoms with Crippen molar-refractivity contribution in [2.45, 2.75) is 56.7 Å². The van der Waals surface area contributed by atoms with Crippen LogP contribution in [0.3, 0.4) is 0 Å². The largest absolute Gasteiger partial charge is 0.390 e. The fraction of sp³-hybridized carbons (Fsp3) is 0.750. The first-order valence-corrected chi connectivity index (χ1v) is 8.73. The van der Waals surface area contributed by atoms with E-state index in [4.69, 9.17) is 5.73 Å². The van der Waals surface area contributed by atoms with Gasteiger partial charge in [-0.25, -0.2) is 0 Å². The molecular formula is C16H26N2OS. The van der Waals surface area contributed by atoms with E-state index in [-0.39, 0.29) is 6.04 Å². The van der Waals surface area contributed by atoms with E-state index in [9.17, 15) is 5.11 Å². The van der Waals surface area contributed by atoms with Crippen LogP contribution >= 0.6 is 11.3 Å². The van der Waals surface area contributed by atoms with Gasteiger partial charge in [-0.2, -0.15) is 0 Å². The van der Waals surface area contributed by atoms with Crippen LogP contribution in [0.4, 0.5) is 0 Å². The Morgan fingerprint density at radius 3 is 3.00 bits per heavy atom. The summed E-state index contributed by atoms with van der Waals surface area (Å²) in [6.45, 7) is 4.07. The molecule has 1 aromatic heterocycles. The Kier molecular flexibility index (Phi) is 4.18. The summed E-state index contributed by atoms with van der Waals surface area (Å²) in [5.41, 5.74) is 5.87. The second kappa shape index (κ2) is 5.76. The SMILES string of the molecule is CC(N)C(c1cccs1)N1CCC2(O)CCCCC2C1. The lowest BCUT2D eigenvalue weighted by Gasteiger charge is -2.49. The van der Waals surface area contributed by atoms with Crippen molar-refractivity contribution in [2.24, 2.45) is 11.7 Å². The lowest BCUT2D eigenvalue weighted by Crippen LogP contribution is -2.55. The number of piperidine rings is 1. The Morgan fingerprint density at radius 1 is 1.45 bits per heavy atom. The van der Waals surface area contributed by atoms with Gasteiger partial charge in [0.2, 0.25) is 0 Å². The van der Waals surface area contributed by atoms with Crippen LogP contribution in [0.15, 0.2) is 17.5 Å². The number of rotatable bonds is 3. The van der Waals surface area contributed by atoms with Gasteiger partial charge < -0.3 is 10.8 Å². The number of fused-ring (bicyclic) bond motifs is 1. The molecule has 0 bridgehead atoms. The predicted molar refractivity (Wildman–Crippen MR) is 83.8 cm³/mol. The summed E-state index contributed by atoms with van der Waals surface area (Å²) in [7, 11) is 0. The minimum atomic E-state index is -0.396. The quantitative estimate of drug-likeness (QED) is 0.901. The highest BCUT2D eigenvalue weighted by Gasteiger charge is 2.44. The number of hydrogen-bond acceptors (Lipinski definition) is 4. The van der Waals surface area contributed by atoms with E-state index in [0.717, 1.165) is 25.9 Å². The molecule has 0 aromatic carbocycles. The summed E-state index contributed by atoms with van der Waals surface area (Å²) in [5, 5.41) is 12.9. The van der Waals surface area contributed by atoms with E-state index in [0.29, 0.717) is 12.0 Å². The highest BCUT2D eigenvalue weighted by Crippen LogP contribution is 2.42. The molecule has 1 aliphatic heterocycles. The lowest BCUT2D eigenvalue weighted by atomic mass is 9.71. The fourth-order valence-corrected chi connectivity index (χ4v) is 5.05. The third-order valence-corrected chi connectivity index (χ3v) is 6.13. The molecule has 20 heavy (non-hydrogen) atoms. The molecule has 1 saturated heterocycles. The Balaban J connectivity index is 1.77. The smallest absolute Gasteiger partial charge is 0.0700 e. The van der Waals surface area contributed by atoms with Gasteiger partial charge in [0, 0.05) is 29.9 Å². The first kappa shape index (κ1) is 14.5. The molecule has 1 aromatic rings. The second-order valence-electron chi connectivity index (χ2n) is 6.61. The van der Waals surface area contributed by atoms with E-state index in [1.54, 1.807) is 11.3 Å². The Morgan fingerprint density at radius 2 is 2.30 bits per heavy atom. The topological polar surface area (TPSA) is 49.5 Å². The van der Waals surface area contributed by atoms with E-state index >= 15 is 0 Å². The van der Waals surface area contributed by atoms with Crippen molar-refractivity contribution >= 4 is 11.3 Å². The van der Waals surface area contributed by atoms with Crippen LogP contribution in [0, 0.1) is 5.92 Å². The summed E-state index contributed by atoms with van der Waals surface area (Å²) in [6, 6.07) is 4.74. The molecule has 3 N–H and O–H groups in total. The van der Waals surface area contributed by atoms with Crippen molar-refractivity contribution in [1.29, 1.82) is 0 Å². The molecule has 4 heteroatoms. The summed E-state index contributed by atoms with van der Waals surface area (Å²) < 4.78 is 0. The van der Waals surface area contributed by atoms with Gasteiger partial charge in [-0.1, -0.05) is 18.9 Å². The monoisotopic (exact) mass is 294 g/mol. The summed E-state index contributed by atoms with van der Waals surface area (Å²) in [4.78, 5) is 3.88. The normalized spacial score (nSPS) is 34.5. The zero-order valence-corrected chi connectivity index (χ0v) is 13.1. The average molecular weight is 294 g/mol. The standard InChI is InChI=1S/C16H26N2OS/c1-12(17)15(14-6-4-10-20-14)18-9-8-16(19)7-3-2-5-13(16)11-18/h4,6,10,12-13,15,19H,2-3,5,7-9,11,17H2,1H3. The van der Waals surface area contributed by atoms with Crippen molar-refractivity contribution in [1.82, 2.24) is 4.90 Å². The molecule has 112 valence electrons. The first-order chi connectivity index (χ1) is 9.60. The number of thiophene rings is 1. The highest BCUT2D eigenvalue weighted by molar-refractivity contribution is 7.10. The molecule has 2 fully saturated rings. The van der Waals surface area contributed by atoms with E-state index in [2.05, 4.69) is 29.3 Å². The first-order valence-electron chi connectivity index (χ1n) is 7.85. The van der Waals surface area contributed by atoms with Crippen molar-refractivity contribution in [2.75, 3.05) is 13.1 Å². The van der Waals surface area contributed by atoms with E-state index in [1.165, 1.54) is 24.1 Å². The minimum absolute atomic E-state index is 0.128. The van der Waals surface area contributed by atoms with Gasteiger partial charge in [0.1, 0.15) is 0 Å². The highest BCUT2D eigenvalue weighted by atomic mass is 32.1. The lowest BCUT2D eigenvalue weighted by molar-refractivity contribution is -0.104. The van der Waals surface area contributed by atoms with Crippen molar-refractivity contribution in [3.05, 3.63) is 22.4 Å². The average Bonchev–Trinajstić information content (AvgIpc) is 2.92. The van der Waals surface area contributed by atoms with Gasteiger partial charge in [-0.05, 0) is 37.6 Å². The van der Waals surface area contributed by atoms with Gasteiger partial charge in [0.05, 0.1) is 11.6 Å². The molecule has 4 unspecified atom stereocenters. The molecule has 1 aliphatic carbocycles. The van der Waals surface area contributed by atoms with Crippen LogP contribution in [0.25, 0.3) is 0 Å². The summed E-state index contributed by atoms with van der Waals surface area (Å²) >= 11 is 1.80. The maximum absolute atomic E-state index is 10.8. The number of likely N-dealkylation sites (tertiary alicyclic amines) is 1. The molecule has 1 saturated carbocycles. The third kappa shape index (κ3) is 2.67. The number of aliphatic hydroxyl groups is 1. The van der Waals surface area contributed by atoms with Crippen molar-refractivity contribution < 1.29 is 5.11 Å². The van der Waals surface area contributed by atoms with Gasteiger partial charge in [0.25, 0.3) is 0 Å². The van der Waals surface area contributed by atoms with Crippen LogP contribution in [-0.2, 0) is 0 Å². The van der Waals surface area contributed by atoms with Gasteiger partial charge in [-0.15, -0.1) is 11.3 Å². The van der Waals surface area contributed by atoms with E-state index < -0.39 is 5.60 Å². The van der Waals surface area contributed by atoms with Crippen LogP contribution < -0.4 is 5.73 Å². The Hall–Kier alpha value is -0.420.